The quantitative estimate of drug-likeness (QED) is 0.0290. The van der Waals surface area contributed by atoms with E-state index in [0.29, 0.717) is 76.3 Å². The summed E-state index contributed by atoms with van der Waals surface area (Å²) in [5, 5.41) is 46.7. The summed E-state index contributed by atoms with van der Waals surface area (Å²) in [5.74, 6) is -5.06. The molecule has 0 aromatic heterocycles. The van der Waals surface area contributed by atoms with Crippen molar-refractivity contribution < 1.29 is 54.0 Å². The van der Waals surface area contributed by atoms with Crippen molar-refractivity contribution in [1.29, 1.82) is 0 Å². The van der Waals surface area contributed by atoms with Crippen molar-refractivity contribution in [2.45, 2.75) is 147 Å². The fourth-order valence-corrected chi connectivity index (χ4v) is 5.26. The van der Waals surface area contributed by atoms with Gasteiger partial charge in [0.15, 0.2) is 0 Å². The van der Waals surface area contributed by atoms with E-state index in [9.17, 15) is 43.8 Å². The van der Waals surface area contributed by atoms with Crippen molar-refractivity contribution in [3.05, 3.63) is 0 Å². The van der Waals surface area contributed by atoms with Gasteiger partial charge >= 0.3 is 29.9 Å². The first kappa shape index (κ1) is 46.2. The van der Waals surface area contributed by atoms with Crippen molar-refractivity contribution in [3.8, 4) is 0 Å². The van der Waals surface area contributed by atoms with E-state index in [1.54, 1.807) is 0 Å². The second kappa shape index (κ2) is 29.0. The highest BCUT2D eigenvalue weighted by Gasteiger charge is 2.24. The van der Waals surface area contributed by atoms with Crippen LogP contribution in [0.15, 0.2) is 4.99 Å². The number of carboxylic acid groups (broad SMARTS) is 4. The summed E-state index contributed by atoms with van der Waals surface area (Å²) >= 11 is 0. The number of aliphatic carboxylic acids is 4. The first-order valence-electron chi connectivity index (χ1n) is 17.6. The lowest BCUT2D eigenvalue weighted by Gasteiger charge is -2.18. The molecular formula is C33H58N5O11P. The fraction of sp³-hybridized carbons (Fsp3) is 0.758. The first-order valence-corrected chi connectivity index (χ1v) is 18.2. The summed E-state index contributed by atoms with van der Waals surface area (Å²) in [6, 6.07) is -4.64. The van der Waals surface area contributed by atoms with Gasteiger partial charge in [0.2, 0.25) is 11.8 Å². The summed E-state index contributed by atoms with van der Waals surface area (Å²) in [6.07, 6.45) is 10.6. The van der Waals surface area contributed by atoms with Crippen LogP contribution in [0.2, 0.25) is 0 Å². The third kappa shape index (κ3) is 26.1. The van der Waals surface area contributed by atoms with Gasteiger partial charge < -0.3 is 41.7 Å². The molecule has 0 saturated carbocycles. The van der Waals surface area contributed by atoms with Gasteiger partial charge in [0, 0.05) is 37.8 Å². The zero-order valence-corrected chi connectivity index (χ0v) is 30.4. The number of rotatable bonds is 31. The maximum absolute atomic E-state index is 12.1. The Morgan fingerprint density at radius 2 is 1.04 bits per heavy atom. The van der Waals surface area contributed by atoms with Gasteiger partial charge in [-0.05, 0) is 70.6 Å². The van der Waals surface area contributed by atoms with E-state index in [2.05, 4.69) is 42.4 Å². The van der Waals surface area contributed by atoms with Crippen molar-refractivity contribution in [2.24, 2.45) is 4.99 Å². The zero-order valence-electron chi connectivity index (χ0n) is 29.3. The molecule has 0 aliphatic heterocycles. The Labute approximate surface area is 296 Å². The Bertz CT molecular complexity index is 1110. The van der Waals surface area contributed by atoms with Gasteiger partial charge in [-0.25, -0.2) is 19.2 Å². The number of nitrogens with zero attached hydrogens (tertiary/aromatic N) is 1. The smallest absolute Gasteiger partial charge is 0.328 e. The third-order valence-electron chi connectivity index (χ3n) is 7.77. The topological polar surface area (TPSA) is 261 Å². The average Bonchev–Trinajstić information content (AvgIpc) is 3.04. The van der Waals surface area contributed by atoms with Crippen LogP contribution in [0.3, 0.4) is 0 Å². The molecule has 0 heterocycles. The van der Waals surface area contributed by atoms with Gasteiger partial charge in [0.05, 0.1) is 0 Å². The predicted octanol–water partition coefficient (Wildman–Crippen LogP) is 3.67. The SMILES string of the molecule is CCCCCCC(=O)NCCCCC(N=C(P)CCCCCCC(=O)NCCCC[C@H](NC(=O)N[C@@H](CCC(=O)O)C(=O)O)C(=O)O)C(=O)O. The van der Waals surface area contributed by atoms with Crippen LogP contribution in [-0.4, -0.2) is 98.8 Å². The van der Waals surface area contributed by atoms with E-state index in [-0.39, 0.29) is 24.7 Å². The maximum atomic E-state index is 12.1. The Morgan fingerprint density at radius 1 is 0.560 bits per heavy atom. The summed E-state index contributed by atoms with van der Waals surface area (Å²) in [6.45, 7) is 2.97. The van der Waals surface area contributed by atoms with Crippen LogP contribution in [0.4, 0.5) is 4.79 Å². The van der Waals surface area contributed by atoms with Crippen molar-refractivity contribution >= 4 is 56.4 Å². The van der Waals surface area contributed by atoms with E-state index in [1.165, 1.54) is 0 Å². The summed E-state index contributed by atoms with van der Waals surface area (Å²) in [4.78, 5) is 85.5. The predicted molar refractivity (Wildman–Crippen MR) is 190 cm³/mol. The highest BCUT2D eigenvalue weighted by Crippen LogP contribution is 2.13. The van der Waals surface area contributed by atoms with Crippen molar-refractivity contribution in [1.82, 2.24) is 21.3 Å². The molecule has 16 nitrogen and oxygen atoms in total. The largest absolute Gasteiger partial charge is 0.481 e. The number of carbonyl (C=O) groups excluding carboxylic acids is 3. The normalized spacial score (nSPS) is 13.0. The molecule has 4 atom stereocenters. The highest BCUT2D eigenvalue weighted by atomic mass is 31.0. The van der Waals surface area contributed by atoms with Crippen LogP contribution in [0.5, 0.6) is 0 Å². The van der Waals surface area contributed by atoms with Crippen LogP contribution < -0.4 is 21.3 Å². The third-order valence-corrected chi connectivity index (χ3v) is 8.21. The lowest BCUT2D eigenvalue weighted by atomic mass is 10.1. The molecule has 0 bridgehead atoms. The maximum Gasteiger partial charge on any atom is 0.328 e. The molecule has 0 saturated heterocycles. The second-order valence-corrected chi connectivity index (χ2v) is 12.9. The van der Waals surface area contributed by atoms with Gasteiger partial charge in [-0.3, -0.25) is 19.4 Å². The summed E-state index contributed by atoms with van der Waals surface area (Å²) in [5.41, 5.74) is 0.691. The molecule has 286 valence electrons. The number of nitrogens with one attached hydrogen (secondary N) is 4. The lowest BCUT2D eigenvalue weighted by molar-refractivity contribution is -0.141. The van der Waals surface area contributed by atoms with E-state index < -0.39 is 54.5 Å². The Balaban J connectivity index is 4.16. The number of urea groups is 1. The molecular weight excluding hydrogens is 673 g/mol. The monoisotopic (exact) mass is 731 g/mol. The molecule has 0 aliphatic rings. The molecule has 0 aromatic rings. The van der Waals surface area contributed by atoms with E-state index in [1.807, 2.05) is 0 Å². The number of hydrogen-bond donors (Lipinski definition) is 8. The van der Waals surface area contributed by atoms with Gasteiger partial charge in [-0.2, -0.15) is 0 Å². The standard InChI is InChI=1S/C33H58N5O11P/c1-2-3-4-7-16-26(39)34-21-12-10-14-23(30(43)44)36-28(50)18-9-6-5-8-17-27(40)35-22-13-11-15-24(31(45)46)37-33(49)38-25(32(47)48)19-20-29(41)42/h23-25H,2-22,50H2,1H3,(H,34,39)(H,35,40)(H,41,42)(H,43,44)(H,45,46)(H,47,48)(H2,37,38,49)/t23?,24-,25-/m0/s1. The van der Waals surface area contributed by atoms with Crippen LogP contribution in [0, 0.1) is 0 Å². The fourth-order valence-electron chi connectivity index (χ4n) is 4.87. The number of hydrogen-bond acceptors (Lipinski definition) is 8. The number of unbranched alkanes of at least 4 members (excludes halogenated alkanes) is 8. The van der Waals surface area contributed by atoms with Gasteiger partial charge in [0.1, 0.15) is 18.1 Å². The number of carbonyl (C=O) groups is 7. The van der Waals surface area contributed by atoms with Crippen LogP contribution in [-0.2, 0) is 28.8 Å². The molecule has 0 aromatic carbocycles. The molecule has 0 radical (unpaired) electrons. The van der Waals surface area contributed by atoms with E-state index >= 15 is 0 Å². The van der Waals surface area contributed by atoms with E-state index in [0.717, 1.165) is 44.9 Å². The molecule has 17 heteroatoms. The first-order chi connectivity index (χ1) is 23.8. The van der Waals surface area contributed by atoms with Gasteiger partial charge in [0.25, 0.3) is 0 Å². The number of carboxylic acids is 4. The summed E-state index contributed by atoms with van der Waals surface area (Å²) < 4.78 is 0. The minimum absolute atomic E-state index is 0.0378. The average molecular weight is 732 g/mol. The molecule has 0 aliphatic carbocycles. The van der Waals surface area contributed by atoms with Crippen molar-refractivity contribution in [3.63, 3.8) is 0 Å². The molecule has 0 rings (SSSR count). The minimum Gasteiger partial charge on any atom is -0.481 e. The molecule has 8 N–H and O–H groups in total. The van der Waals surface area contributed by atoms with Gasteiger partial charge in [-0.15, -0.1) is 0 Å². The Morgan fingerprint density at radius 3 is 1.52 bits per heavy atom. The van der Waals surface area contributed by atoms with Gasteiger partial charge in [-0.1, -0.05) is 48.3 Å². The number of amides is 4. The lowest BCUT2D eigenvalue weighted by Crippen LogP contribution is -2.51. The highest BCUT2D eigenvalue weighted by molar-refractivity contribution is 7.40. The number of aliphatic imine (C=N–C) groups is 1. The van der Waals surface area contributed by atoms with Crippen molar-refractivity contribution in [2.75, 3.05) is 13.1 Å². The zero-order chi connectivity index (χ0) is 37.7. The minimum atomic E-state index is -1.48. The molecule has 4 amide bonds. The summed E-state index contributed by atoms with van der Waals surface area (Å²) in [7, 11) is 2.52. The van der Waals surface area contributed by atoms with E-state index in [4.69, 9.17) is 10.2 Å². The molecule has 2 unspecified atom stereocenters. The molecule has 0 spiro atoms. The molecule has 0 fully saturated rings. The molecule has 50 heavy (non-hydrogen) atoms. The second-order valence-electron chi connectivity index (χ2n) is 12.2. The Kier molecular flexibility index (Phi) is 26.8. The van der Waals surface area contributed by atoms with Crippen LogP contribution >= 0.6 is 9.24 Å². The van der Waals surface area contributed by atoms with Crippen LogP contribution in [0.1, 0.15) is 129 Å². The Hall–Kier alpha value is -3.81. The van der Waals surface area contributed by atoms with Crippen LogP contribution in [0.25, 0.3) is 0 Å².